The highest BCUT2D eigenvalue weighted by Gasteiger charge is 2.25. The van der Waals surface area contributed by atoms with Crippen LogP contribution in [0.5, 0.6) is 5.88 Å². The Kier molecular flexibility index (Phi) is 7.11. The smallest absolute Gasteiger partial charge is 0.318 e. The lowest BCUT2D eigenvalue weighted by molar-refractivity contribution is -0.110. The van der Waals surface area contributed by atoms with E-state index in [-0.39, 0.29) is 22.9 Å². The molecule has 2 amide bonds. The van der Waals surface area contributed by atoms with Crippen molar-refractivity contribution in [1.82, 2.24) is 15.2 Å². The third kappa shape index (κ3) is 4.65. The van der Waals surface area contributed by atoms with Gasteiger partial charge in [0.05, 0.1) is 24.2 Å². The van der Waals surface area contributed by atoms with Crippen molar-refractivity contribution >= 4 is 34.2 Å². The second-order valence-electron chi connectivity index (χ2n) is 7.20. The zero-order chi connectivity index (χ0) is 21.7. The molecule has 0 bridgehead atoms. The van der Waals surface area contributed by atoms with E-state index in [0.29, 0.717) is 12.4 Å². The molecule has 1 N–H and O–H groups in total. The zero-order valence-corrected chi connectivity index (χ0v) is 18.1. The Bertz CT molecular complexity index is 1000. The molecule has 0 saturated heterocycles. The van der Waals surface area contributed by atoms with Gasteiger partial charge in [0.2, 0.25) is 5.88 Å². The molecule has 7 heteroatoms. The maximum Gasteiger partial charge on any atom is 0.318 e. The number of rotatable bonds is 7. The normalized spacial score (nSPS) is 16.9. The van der Waals surface area contributed by atoms with Crippen LogP contribution in [0.1, 0.15) is 38.3 Å². The predicted octanol–water partition coefficient (Wildman–Crippen LogP) is 4.75. The first kappa shape index (κ1) is 21.8. The summed E-state index contributed by atoms with van der Waals surface area (Å²) in [4.78, 5) is 30.9. The molecule has 2 aromatic rings. The fourth-order valence-electron chi connectivity index (χ4n) is 3.53. The first-order valence-corrected chi connectivity index (χ1v) is 10.4. The van der Waals surface area contributed by atoms with Gasteiger partial charge in [0.1, 0.15) is 0 Å². The second-order valence-corrected chi connectivity index (χ2v) is 7.61. The monoisotopic (exact) mass is 427 g/mol. The van der Waals surface area contributed by atoms with Crippen LogP contribution in [0.2, 0.25) is 0 Å². The van der Waals surface area contributed by atoms with Crippen molar-refractivity contribution in [3.63, 3.8) is 0 Å². The number of ketones is 1. The van der Waals surface area contributed by atoms with Crippen molar-refractivity contribution in [3.8, 4) is 5.88 Å². The zero-order valence-electron chi connectivity index (χ0n) is 17.4. The number of pyridine rings is 1. The number of nitrogens with zero attached hydrogens (tertiary/aromatic N) is 2. The van der Waals surface area contributed by atoms with Crippen molar-refractivity contribution in [3.05, 3.63) is 59.3 Å². The summed E-state index contributed by atoms with van der Waals surface area (Å²) >= 11 is 5.94. The van der Waals surface area contributed by atoms with Crippen LogP contribution >= 0.6 is 11.6 Å². The second kappa shape index (κ2) is 9.76. The molecule has 0 spiro atoms. The summed E-state index contributed by atoms with van der Waals surface area (Å²) in [5.41, 5.74) is 0.945. The van der Waals surface area contributed by atoms with Crippen LogP contribution in [-0.2, 0) is 4.79 Å². The Morgan fingerprint density at radius 1 is 1.33 bits per heavy atom. The van der Waals surface area contributed by atoms with Gasteiger partial charge in [0, 0.05) is 23.7 Å². The number of halogens is 1. The van der Waals surface area contributed by atoms with Gasteiger partial charge in [-0.05, 0) is 36.9 Å². The number of unbranched alkanes of at least 4 members (excludes halogenated alkanes) is 1. The largest absolute Gasteiger partial charge is 0.481 e. The molecule has 1 heterocycles. The number of allylic oxidation sites excluding steroid dienone is 2. The lowest BCUT2D eigenvalue weighted by Gasteiger charge is -2.31. The quantitative estimate of drug-likeness (QED) is 0.692. The summed E-state index contributed by atoms with van der Waals surface area (Å²) in [5, 5.41) is 4.96. The SMILES string of the molecule is CCCCN(C(=O)NC1C=CC(=O)C(Cl)=C1)C(C)c1cnc(OC)c2ccccc12. The van der Waals surface area contributed by atoms with E-state index in [1.165, 1.54) is 6.08 Å². The third-order valence-electron chi connectivity index (χ3n) is 5.22. The highest BCUT2D eigenvalue weighted by molar-refractivity contribution is 6.44. The lowest BCUT2D eigenvalue weighted by Crippen LogP contribution is -2.45. The molecule has 6 nitrogen and oxygen atoms in total. The number of methoxy groups -OCH3 is 1. The average Bonchev–Trinajstić information content (AvgIpc) is 2.75. The summed E-state index contributed by atoms with van der Waals surface area (Å²) < 4.78 is 5.40. The van der Waals surface area contributed by atoms with Crippen LogP contribution in [-0.4, -0.2) is 41.4 Å². The van der Waals surface area contributed by atoms with Crippen LogP contribution in [0.15, 0.2) is 53.7 Å². The van der Waals surface area contributed by atoms with Crippen molar-refractivity contribution in [1.29, 1.82) is 0 Å². The number of carbonyl (C=O) groups excluding carboxylic acids is 2. The summed E-state index contributed by atoms with van der Waals surface area (Å²) in [5.74, 6) is 0.303. The summed E-state index contributed by atoms with van der Waals surface area (Å²) in [7, 11) is 1.60. The Morgan fingerprint density at radius 3 is 2.73 bits per heavy atom. The van der Waals surface area contributed by atoms with Crippen LogP contribution in [0, 0.1) is 0 Å². The lowest BCUT2D eigenvalue weighted by atomic mass is 10.0. The van der Waals surface area contributed by atoms with E-state index in [9.17, 15) is 9.59 Å². The number of hydrogen-bond acceptors (Lipinski definition) is 4. The fourth-order valence-corrected chi connectivity index (χ4v) is 3.73. The Balaban J connectivity index is 1.90. The van der Waals surface area contributed by atoms with Gasteiger partial charge in [-0.3, -0.25) is 4.79 Å². The molecule has 158 valence electrons. The molecule has 2 unspecified atom stereocenters. The first-order valence-electron chi connectivity index (χ1n) is 10.0. The van der Waals surface area contributed by atoms with E-state index in [1.807, 2.05) is 31.2 Å². The Morgan fingerprint density at radius 2 is 2.07 bits per heavy atom. The molecular formula is C23H26ClN3O3. The number of hydrogen-bond donors (Lipinski definition) is 1. The number of amides is 2. The van der Waals surface area contributed by atoms with E-state index in [1.54, 1.807) is 30.4 Å². The van der Waals surface area contributed by atoms with Gasteiger partial charge < -0.3 is 15.0 Å². The number of ether oxygens (including phenoxy) is 1. The molecule has 30 heavy (non-hydrogen) atoms. The van der Waals surface area contributed by atoms with Gasteiger partial charge in [-0.15, -0.1) is 0 Å². The Labute approximate surface area is 181 Å². The van der Waals surface area contributed by atoms with Crippen LogP contribution in [0.4, 0.5) is 4.79 Å². The molecule has 0 fully saturated rings. The molecule has 0 saturated carbocycles. The molecule has 0 radical (unpaired) electrons. The standard InChI is InChI=1S/C23H26ClN3O3/c1-4-5-12-27(23(29)26-16-10-11-21(28)20(24)13-16)15(2)19-14-25-22(30-3)18-9-7-6-8-17(18)19/h6-11,13-16H,4-5,12H2,1-3H3,(H,26,29). The number of nitrogens with one attached hydrogen (secondary N) is 1. The van der Waals surface area contributed by atoms with Crippen molar-refractivity contribution in [2.75, 3.05) is 13.7 Å². The highest BCUT2D eigenvalue weighted by atomic mass is 35.5. The summed E-state index contributed by atoms with van der Waals surface area (Å²) in [6.45, 7) is 4.67. The van der Waals surface area contributed by atoms with Gasteiger partial charge in [-0.2, -0.15) is 0 Å². The molecule has 1 aliphatic carbocycles. The van der Waals surface area contributed by atoms with Crippen LogP contribution in [0.3, 0.4) is 0 Å². The maximum absolute atomic E-state index is 13.2. The van der Waals surface area contributed by atoms with Crippen LogP contribution < -0.4 is 10.1 Å². The molecule has 1 aromatic carbocycles. The van der Waals surface area contributed by atoms with Crippen molar-refractivity contribution in [2.45, 2.75) is 38.8 Å². The number of urea groups is 1. The van der Waals surface area contributed by atoms with E-state index in [0.717, 1.165) is 29.2 Å². The number of fused-ring (bicyclic) bond motifs is 1. The number of aromatic nitrogens is 1. The molecule has 1 aliphatic rings. The van der Waals surface area contributed by atoms with Crippen molar-refractivity contribution < 1.29 is 14.3 Å². The average molecular weight is 428 g/mol. The van der Waals surface area contributed by atoms with Gasteiger partial charge >= 0.3 is 6.03 Å². The van der Waals surface area contributed by atoms with Gasteiger partial charge in [0.15, 0.2) is 5.78 Å². The van der Waals surface area contributed by atoms with Crippen LogP contribution in [0.25, 0.3) is 10.8 Å². The van der Waals surface area contributed by atoms with E-state index >= 15 is 0 Å². The highest BCUT2D eigenvalue weighted by Crippen LogP contribution is 2.32. The topological polar surface area (TPSA) is 71.5 Å². The van der Waals surface area contributed by atoms with E-state index < -0.39 is 6.04 Å². The predicted molar refractivity (Wildman–Crippen MR) is 119 cm³/mol. The van der Waals surface area contributed by atoms with Gasteiger partial charge in [-0.1, -0.05) is 49.2 Å². The molecular weight excluding hydrogens is 402 g/mol. The molecule has 1 aromatic heterocycles. The van der Waals surface area contributed by atoms with Gasteiger partial charge in [-0.25, -0.2) is 9.78 Å². The minimum atomic E-state index is -0.426. The molecule has 2 atom stereocenters. The summed E-state index contributed by atoms with van der Waals surface area (Å²) in [6.07, 6.45) is 8.17. The molecule has 3 rings (SSSR count). The van der Waals surface area contributed by atoms with Gasteiger partial charge in [0.25, 0.3) is 0 Å². The maximum atomic E-state index is 13.2. The van der Waals surface area contributed by atoms with E-state index in [4.69, 9.17) is 16.3 Å². The van der Waals surface area contributed by atoms with Crippen molar-refractivity contribution in [2.24, 2.45) is 0 Å². The Hall–Kier alpha value is -2.86. The minimum absolute atomic E-state index is 0.112. The summed E-state index contributed by atoms with van der Waals surface area (Å²) in [6, 6.07) is 7.02. The first-order chi connectivity index (χ1) is 14.5. The number of carbonyl (C=O) groups is 2. The third-order valence-corrected chi connectivity index (χ3v) is 5.53. The number of benzene rings is 1. The van der Waals surface area contributed by atoms with E-state index in [2.05, 4.69) is 17.2 Å². The fraction of sp³-hybridized carbons (Fsp3) is 0.348. The molecule has 0 aliphatic heterocycles. The minimum Gasteiger partial charge on any atom is -0.481 e.